The summed E-state index contributed by atoms with van der Waals surface area (Å²) in [6.07, 6.45) is 2.13. The highest BCUT2D eigenvalue weighted by atomic mass is 35.5. The van der Waals surface area contributed by atoms with Gasteiger partial charge in [-0.2, -0.15) is 0 Å². The first-order valence-electron chi connectivity index (χ1n) is 10.6. The first-order valence-corrected chi connectivity index (χ1v) is 10.6. The lowest BCUT2D eigenvalue weighted by Crippen LogP contribution is -2.21. The third-order valence-electron chi connectivity index (χ3n) is 5.51. The SMILES string of the molecule is CCOc1cc2c(cc1OCC)-n1cccc1C(c1ccc(C(C)C)cc1)NC2.Cl. The lowest BCUT2D eigenvalue weighted by Gasteiger charge is -2.19. The minimum atomic E-state index is 0. The molecule has 0 aliphatic carbocycles. The summed E-state index contributed by atoms with van der Waals surface area (Å²) in [5.41, 5.74) is 6.22. The molecule has 0 bridgehead atoms. The number of hydrogen-bond donors (Lipinski definition) is 1. The van der Waals surface area contributed by atoms with Crippen molar-refractivity contribution in [3.8, 4) is 17.2 Å². The molecule has 0 fully saturated rings. The van der Waals surface area contributed by atoms with Gasteiger partial charge in [-0.3, -0.25) is 0 Å². The van der Waals surface area contributed by atoms with Crippen molar-refractivity contribution in [1.82, 2.24) is 9.88 Å². The van der Waals surface area contributed by atoms with Crippen LogP contribution in [0.1, 0.15) is 62.0 Å². The van der Waals surface area contributed by atoms with Crippen molar-refractivity contribution in [2.24, 2.45) is 0 Å². The van der Waals surface area contributed by atoms with Gasteiger partial charge in [-0.25, -0.2) is 0 Å². The molecule has 5 heteroatoms. The molecule has 1 aliphatic heterocycles. The summed E-state index contributed by atoms with van der Waals surface area (Å²) in [5.74, 6) is 2.14. The van der Waals surface area contributed by atoms with E-state index in [4.69, 9.17) is 9.47 Å². The Kier molecular flexibility index (Phi) is 7.11. The molecule has 2 aromatic carbocycles. The standard InChI is InChI=1S/C25H30N2O2.ClH/c1-5-28-23-14-20-16-26-25(19-11-9-18(10-12-19)17(3)4)21-8-7-13-27(21)22(20)15-24(23)29-6-2;/h7-15,17,25-26H,5-6,16H2,1-4H3;1H. The lowest BCUT2D eigenvalue weighted by atomic mass is 9.98. The highest BCUT2D eigenvalue weighted by Gasteiger charge is 2.24. The van der Waals surface area contributed by atoms with Gasteiger partial charge in [0.25, 0.3) is 0 Å². The van der Waals surface area contributed by atoms with Crippen LogP contribution in [-0.2, 0) is 6.54 Å². The molecule has 0 saturated heterocycles. The van der Waals surface area contributed by atoms with E-state index in [-0.39, 0.29) is 18.4 Å². The number of nitrogens with zero attached hydrogens (tertiary/aromatic N) is 1. The predicted octanol–water partition coefficient (Wildman–Crippen LogP) is 6.01. The molecule has 1 N–H and O–H groups in total. The molecule has 0 radical (unpaired) electrons. The Morgan fingerprint density at radius 3 is 2.30 bits per heavy atom. The van der Waals surface area contributed by atoms with E-state index in [0.717, 1.165) is 23.7 Å². The van der Waals surface area contributed by atoms with E-state index in [0.29, 0.717) is 19.1 Å². The molecule has 4 rings (SSSR count). The van der Waals surface area contributed by atoms with Crippen molar-refractivity contribution < 1.29 is 9.47 Å². The fourth-order valence-corrected chi connectivity index (χ4v) is 4.02. The smallest absolute Gasteiger partial charge is 0.163 e. The zero-order valence-electron chi connectivity index (χ0n) is 18.1. The zero-order chi connectivity index (χ0) is 20.4. The van der Waals surface area contributed by atoms with Crippen LogP contribution in [0.5, 0.6) is 11.5 Å². The lowest BCUT2D eigenvalue weighted by molar-refractivity contribution is 0.287. The van der Waals surface area contributed by atoms with Gasteiger partial charge in [0.1, 0.15) is 0 Å². The Morgan fingerprint density at radius 1 is 1.00 bits per heavy atom. The van der Waals surface area contributed by atoms with Crippen molar-refractivity contribution in [2.45, 2.75) is 46.2 Å². The minimum absolute atomic E-state index is 0. The Labute approximate surface area is 185 Å². The van der Waals surface area contributed by atoms with Gasteiger partial charge in [0.15, 0.2) is 11.5 Å². The summed E-state index contributed by atoms with van der Waals surface area (Å²) in [7, 11) is 0. The molecule has 30 heavy (non-hydrogen) atoms. The third-order valence-corrected chi connectivity index (χ3v) is 5.51. The topological polar surface area (TPSA) is 35.4 Å². The van der Waals surface area contributed by atoms with E-state index in [1.807, 2.05) is 13.8 Å². The van der Waals surface area contributed by atoms with Gasteiger partial charge in [-0.15, -0.1) is 12.4 Å². The Bertz CT molecular complexity index is 979. The molecule has 3 aromatic rings. The summed E-state index contributed by atoms with van der Waals surface area (Å²) in [6, 6.07) is 17.6. The highest BCUT2D eigenvalue weighted by molar-refractivity contribution is 5.85. The van der Waals surface area contributed by atoms with Crippen molar-refractivity contribution in [1.29, 1.82) is 0 Å². The fourth-order valence-electron chi connectivity index (χ4n) is 4.02. The normalized spacial score (nSPS) is 15.0. The molecule has 0 saturated carbocycles. The second-order valence-electron chi connectivity index (χ2n) is 7.73. The maximum absolute atomic E-state index is 5.88. The summed E-state index contributed by atoms with van der Waals surface area (Å²) >= 11 is 0. The van der Waals surface area contributed by atoms with E-state index in [1.54, 1.807) is 0 Å². The van der Waals surface area contributed by atoms with Crippen LogP contribution < -0.4 is 14.8 Å². The van der Waals surface area contributed by atoms with E-state index in [2.05, 4.69) is 78.5 Å². The molecule has 2 heterocycles. The van der Waals surface area contributed by atoms with Gasteiger partial charge in [0, 0.05) is 24.5 Å². The van der Waals surface area contributed by atoms with E-state index in [1.165, 1.54) is 22.4 Å². The Morgan fingerprint density at radius 2 is 1.67 bits per heavy atom. The monoisotopic (exact) mass is 426 g/mol. The average molecular weight is 427 g/mol. The average Bonchev–Trinajstić information content (AvgIpc) is 3.14. The van der Waals surface area contributed by atoms with Gasteiger partial charge in [-0.05, 0) is 54.7 Å². The molecule has 1 atom stereocenters. The van der Waals surface area contributed by atoms with Crippen molar-refractivity contribution in [2.75, 3.05) is 13.2 Å². The number of nitrogens with one attached hydrogen (secondary N) is 1. The summed E-state index contributed by atoms with van der Waals surface area (Å²) in [4.78, 5) is 0. The van der Waals surface area contributed by atoms with Gasteiger partial charge in [0.05, 0.1) is 24.9 Å². The molecular formula is C25H31ClN2O2. The number of aromatic nitrogens is 1. The number of benzene rings is 2. The van der Waals surface area contributed by atoms with Gasteiger partial charge in [-0.1, -0.05) is 38.1 Å². The van der Waals surface area contributed by atoms with Crippen LogP contribution >= 0.6 is 12.4 Å². The van der Waals surface area contributed by atoms with Crippen molar-refractivity contribution in [3.63, 3.8) is 0 Å². The third kappa shape index (κ3) is 4.21. The Hall–Kier alpha value is -2.43. The molecule has 0 amide bonds. The fraction of sp³-hybridized carbons (Fsp3) is 0.360. The second kappa shape index (κ2) is 9.59. The van der Waals surface area contributed by atoms with Crippen LogP contribution in [0.15, 0.2) is 54.7 Å². The molecule has 4 nitrogen and oxygen atoms in total. The number of rotatable bonds is 6. The molecule has 1 aromatic heterocycles. The van der Waals surface area contributed by atoms with E-state index >= 15 is 0 Å². The first-order chi connectivity index (χ1) is 14.1. The van der Waals surface area contributed by atoms with Gasteiger partial charge < -0.3 is 19.4 Å². The maximum Gasteiger partial charge on any atom is 0.163 e. The van der Waals surface area contributed by atoms with E-state index in [9.17, 15) is 0 Å². The van der Waals surface area contributed by atoms with Crippen LogP contribution in [0.3, 0.4) is 0 Å². The number of ether oxygens (including phenoxy) is 2. The quantitative estimate of drug-likeness (QED) is 0.524. The predicted molar refractivity (Wildman–Crippen MR) is 125 cm³/mol. The maximum atomic E-state index is 5.88. The summed E-state index contributed by atoms with van der Waals surface area (Å²) in [6.45, 7) is 10.5. The number of halogens is 1. The number of fused-ring (bicyclic) bond motifs is 3. The molecular weight excluding hydrogens is 396 g/mol. The second-order valence-corrected chi connectivity index (χ2v) is 7.73. The summed E-state index contributed by atoms with van der Waals surface area (Å²) in [5, 5.41) is 3.75. The first kappa shape index (κ1) is 22.3. The van der Waals surface area contributed by atoms with Crippen LogP contribution in [0.25, 0.3) is 5.69 Å². The van der Waals surface area contributed by atoms with Crippen LogP contribution in [0.4, 0.5) is 0 Å². The van der Waals surface area contributed by atoms with E-state index < -0.39 is 0 Å². The largest absolute Gasteiger partial charge is 0.490 e. The van der Waals surface area contributed by atoms with Crippen LogP contribution in [0.2, 0.25) is 0 Å². The van der Waals surface area contributed by atoms with Crippen LogP contribution in [0, 0.1) is 0 Å². The minimum Gasteiger partial charge on any atom is -0.490 e. The highest BCUT2D eigenvalue weighted by Crippen LogP contribution is 2.37. The van der Waals surface area contributed by atoms with Gasteiger partial charge in [0.2, 0.25) is 0 Å². The van der Waals surface area contributed by atoms with Crippen molar-refractivity contribution in [3.05, 3.63) is 77.1 Å². The molecule has 1 unspecified atom stereocenters. The molecule has 160 valence electrons. The van der Waals surface area contributed by atoms with Crippen molar-refractivity contribution >= 4 is 12.4 Å². The van der Waals surface area contributed by atoms with Crippen LogP contribution in [-0.4, -0.2) is 17.8 Å². The number of hydrogen-bond acceptors (Lipinski definition) is 3. The molecule has 0 spiro atoms. The Balaban J connectivity index is 0.00000256. The summed E-state index contributed by atoms with van der Waals surface area (Å²) < 4.78 is 14.0. The van der Waals surface area contributed by atoms with Gasteiger partial charge >= 0.3 is 0 Å². The molecule has 1 aliphatic rings. The zero-order valence-corrected chi connectivity index (χ0v) is 19.0.